The highest BCUT2D eigenvalue weighted by Crippen LogP contribution is 2.24. The van der Waals surface area contributed by atoms with Crippen molar-refractivity contribution in [1.82, 2.24) is 0 Å². The Morgan fingerprint density at radius 1 is 1.09 bits per heavy atom. The molecule has 1 atom stereocenters. The highest BCUT2D eigenvalue weighted by Gasteiger charge is 2.17. The van der Waals surface area contributed by atoms with Crippen LogP contribution in [0.2, 0.25) is 5.02 Å². The van der Waals surface area contributed by atoms with Crippen molar-refractivity contribution >= 4 is 40.7 Å². The number of hydrogen-bond acceptors (Lipinski definition) is 5. The number of nitrogens with two attached hydrogens (primary N) is 1. The maximum absolute atomic E-state index is 11.7. The molecule has 6 nitrogen and oxygen atoms in total. The molecule has 0 aromatic heterocycles. The molecule has 0 spiro atoms. The molecule has 2 aromatic rings. The quantitative estimate of drug-likeness (QED) is 0.169. The fourth-order valence-electron chi connectivity index (χ4n) is 1.49. The number of hydrogen-bond donors (Lipinski definition) is 1. The first kappa shape index (κ1) is 16.9. The first-order valence-corrected chi connectivity index (χ1v) is 7.28. The summed E-state index contributed by atoms with van der Waals surface area (Å²) < 4.78 is 0. The first-order valence-electron chi connectivity index (χ1n) is 6.47. The summed E-state index contributed by atoms with van der Waals surface area (Å²) in [6.45, 7) is 0. The lowest BCUT2D eigenvalue weighted by Crippen LogP contribution is -2.18. The van der Waals surface area contributed by atoms with Gasteiger partial charge in [0.25, 0.3) is 0 Å². The average Bonchev–Trinajstić information content (AvgIpc) is 2.59. The van der Waals surface area contributed by atoms with E-state index < -0.39 is 11.5 Å². The van der Waals surface area contributed by atoms with Crippen LogP contribution in [0.15, 0.2) is 70.0 Å². The van der Waals surface area contributed by atoms with Crippen molar-refractivity contribution in [1.29, 1.82) is 0 Å². The first-order chi connectivity index (χ1) is 11.1. The second-order valence-corrected chi connectivity index (χ2v) is 5.08. The summed E-state index contributed by atoms with van der Waals surface area (Å²) in [4.78, 5) is 16.3. The second-order valence-electron chi connectivity index (χ2n) is 4.26. The molecule has 0 heterocycles. The van der Waals surface area contributed by atoms with Crippen molar-refractivity contribution in [2.75, 3.05) is 0 Å². The normalized spacial score (nSPS) is 13.0. The van der Waals surface area contributed by atoms with Crippen LogP contribution in [-0.2, 0) is 9.63 Å². The molecule has 1 unspecified atom stereocenters. The highest BCUT2D eigenvalue weighted by atomic mass is 35.5. The van der Waals surface area contributed by atoms with Gasteiger partial charge in [-0.2, -0.15) is 10.2 Å². The predicted molar refractivity (Wildman–Crippen MR) is 88.9 cm³/mol. The van der Waals surface area contributed by atoms with Gasteiger partial charge in [-0.3, -0.25) is 0 Å². The molecule has 8 heteroatoms. The summed E-state index contributed by atoms with van der Waals surface area (Å²) in [6.07, 6.45) is 0. The van der Waals surface area contributed by atoms with E-state index in [9.17, 15) is 4.79 Å². The average molecular weight is 351 g/mol. The molecule has 2 aromatic carbocycles. The van der Waals surface area contributed by atoms with Gasteiger partial charge in [-0.15, -0.1) is 0 Å². The van der Waals surface area contributed by atoms with Crippen molar-refractivity contribution in [3.63, 3.8) is 0 Å². The van der Waals surface area contributed by atoms with Crippen molar-refractivity contribution in [2.24, 2.45) is 21.1 Å². The van der Waals surface area contributed by atoms with Crippen LogP contribution in [0.4, 0.5) is 5.69 Å². The molecule has 2 N–H and O–H groups in total. The van der Waals surface area contributed by atoms with E-state index in [2.05, 4.69) is 20.2 Å². The van der Waals surface area contributed by atoms with Crippen molar-refractivity contribution in [3.05, 3.63) is 65.2 Å². The zero-order valence-electron chi connectivity index (χ0n) is 11.8. The van der Waals surface area contributed by atoms with Crippen LogP contribution in [0.1, 0.15) is 5.56 Å². The molecule has 0 aliphatic heterocycles. The van der Waals surface area contributed by atoms with Gasteiger partial charge in [0.1, 0.15) is 5.69 Å². The minimum absolute atomic E-state index is 0.0471. The van der Waals surface area contributed by atoms with Gasteiger partial charge in [0.2, 0.25) is 5.50 Å². The number of nitrogens with zero attached hydrogens (tertiary/aromatic N) is 3. The molecular weight excluding hydrogens is 339 g/mol. The molecule has 0 aliphatic carbocycles. The van der Waals surface area contributed by atoms with Gasteiger partial charge >= 0.3 is 5.97 Å². The molecule has 0 saturated heterocycles. The summed E-state index contributed by atoms with van der Waals surface area (Å²) in [6, 6.07) is 15.6. The number of carbonyl (C=O) groups is 1. The SMILES string of the molecule is N/C(=N\OC(=O)C(Cl)N=Nc1ccccc1Cl)c1ccccc1. The van der Waals surface area contributed by atoms with Gasteiger partial charge < -0.3 is 10.6 Å². The minimum atomic E-state index is -1.36. The number of halogens is 2. The molecular formula is C15H12Cl2N4O2. The Morgan fingerprint density at radius 2 is 1.74 bits per heavy atom. The maximum Gasteiger partial charge on any atom is 0.376 e. The van der Waals surface area contributed by atoms with E-state index in [1.54, 1.807) is 48.5 Å². The second kappa shape index (κ2) is 8.26. The lowest BCUT2D eigenvalue weighted by atomic mass is 10.2. The maximum atomic E-state index is 11.7. The zero-order valence-corrected chi connectivity index (χ0v) is 13.3. The molecule has 0 radical (unpaired) electrons. The Hall–Kier alpha value is -2.44. The number of oxime groups is 1. The fraction of sp³-hybridized carbons (Fsp3) is 0.0667. The van der Waals surface area contributed by atoms with Gasteiger partial charge in [0.05, 0.1) is 5.02 Å². The van der Waals surface area contributed by atoms with E-state index in [-0.39, 0.29) is 5.84 Å². The summed E-state index contributed by atoms with van der Waals surface area (Å²) in [5.41, 5.74) is 5.33. The van der Waals surface area contributed by atoms with E-state index in [0.717, 1.165) is 0 Å². The van der Waals surface area contributed by atoms with Gasteiger partial charge in [0.15, 0.2) is 5.84 Å². The Labute approximate surface area is 142 Å². The number of benzene rings is 2. The molecule has 2 rings (SSSR count). The van der Waals surface area contributed by atoms with Crippen molar-refractivity contribution in [3.8, 4) is 0 Å². The molecule has 23 heavy (non-hydrogen) atoms. The van der Waals surface area contributed by atoms with Crippen LogP contribution in [0.3, 0.4) is 0 Å². The van der Waals surface area contributed by atoms with Gasteiger partial charge in [0, 0.05) is 5.56 Å². The summed E-state index contributed by atoms with van der Waals surface area (Å²) in [7, 11) is 0. The van der Waals surface area contributed by atoms with E-state index >= 15 is 0 Å². The Balaban J connectivity index is 1.97. The van der Waals surface area contributed by atoms with E-state index in [0.29, 0.717) is 16.3 Å². The minimum Gasteiger partial charge on any atom is -0.380 e. The van der Waals surface area contributed by atoms with E-state index in [1.165, 1.54) is 0 Å². The van der Waals surface area contributed by atoms with E-state index in [1.807, 2.05) is 6.07 Å². The summed E-state index contributed by atoms with van der Waals surface area (Å²) >= 11 is 11.7. The topological polar surface area (TPSA) is 89.4 Å². The molecule has 0 bridgehead atoms. The largest absolute Gasteiger partial charge is 0.380 e. The predicted octanol–water partition coefficient (Wildman–Crippen LogP) is 3.85. The standard InChI is InChI=1S/C15H12Cl2N4O2/c16-11-8-4-5-9-12(11)19-20-13(17)15(22)23-21-14(18)10-6-2-1-3-7-10/h1-9,13H,(H2,18,21). The van der Waals surface area contributed by atoms with Gasteiger partial charge in [-0.1, -0.05) is 70.8 Å². The monoisotopic (exact) mass is 350 g/mol. The Bertz CT molecular complexity index is 735. The number of carbonyl (C=O) groups excluding carboxylic acids is 1. The zero-order chi connectivity index (χ0) is 16.7. The Kier molecular flexibility index (Phi) is 6.08. The van der Waals surface area contributed by atoms with Gasteiger partial charge in [-0.05, 0) is 12.1 Å². The van der Waals surface area contributed by atoms with Crippen molar-refractivity contribution < 1.29 is 9.63 Å². The fourth-order valence-corrected chi connectivity index (χ4v) is 1.75. The summed E-state index contributed by atoms with van der Waals surface area (Å²) in [5.74, 6) is -0.854. The highest BCUT2D eigenvalue weighted by molar-refractivity contribution is 6.33. The van der Waals surface area contributed by atoms with Crippen molar-refractivity contribution in [2.45, 2.75) is 5.50 Å². The molecule has 118 valence electrons. The lowest BCUT2D eigenvalue weighted by molar-refractivity contribution is -0.143. The third-order valence-corrected chi connectivity index (χ3v) is 3.20. The number of rotatable bonds is 5. The molecule has 0 fully saturated rings. The Morgan fingerprint density at radius 3 is 2.43 bits per heavy atom. The number of azo groups is 1. The molecule has 0 aliphatic rings. The van der Waals surface area contributed by atoms with Crippen LogP contribution in [0.25, 0.3) is 0 Å². The van der Waals surface area contributed by atoms with Gasteiger partial charge in [-0.25, -0.2) is 4.79 Å². The van der Waals surface area contributed by atoms with Crippen LogP contribution in [0, 0.1) is 0 Å². The van der Waals surface area contributed by atoms with Crippen LogP contribution in [0.5, 0.6) is 0 Å². The number of alkyl halides is 1. The van der Waals surface area contributed by atoms with E-state index in [4.69, 9.17) is 28.9 Å². The third-order valence-electron chi connectivity index (χ3n) is 2.62. The van der Waals surface area contributed by atoms with Crippen LogP contribution in [-0.4, -0.2) is 17.3 Å². The number of amidine groups is 1. The molecule has 0 saturated carbocycles. The smallest absolute Gasteiger partial charge is 0.376 e. The van der Waals surface area contributed by atoms with Crippen LogP contribution < -0.4 is 5.73 Å². The molecule has 0 amide bonds. The summed E-state index contributed by atoms with van der Waals surface area (Å²) in [5, 5.41) is 11.3. The lowest BCUT2D eigenvalue weighted by Gasteiger charge is -2.02. The third kappa shape index (κ3) is 5.05. The van der Waals surface area contributed by atoms with Crippen LogP contribution >= 0.6 is 23.2 Å².